The second-order valence-corrected chi connectivity index (χ2v) is 7.14. The van der Waals surface area contributed by atoms with Crippen molar-refractivity contribution in [1.29, 1.82) is 0 Å². The molecule has 1 aliphatic rings. The van der Waals surface area contributed by atoms with E-state index in [4.69, 9.17) is 9.47 Å². The average Bonchev–Trinajstić information content (AvgIpc) is 2.41. The summed E-state index contributed by atoms with van der Waals surface area (Å²) in [6.07, 6.45) is 6.10. The van der Waals surface area contributed by atoms with E-state index in [0.29, 0.717) is 24.6 Å². The summed E-state index contributed by atoms with van der Waals surface area (Å²) in [5.74, 6) is 0.568. The molecule has 0 aromatic rings. The minimum absolute atomic E-state index is 0.365. The largest absolute Gasteiger partial charge is 0.444 e. The highest BCUT2D eigenvalue weighted by atomic mass is 16.6. The number of rotatable bonds is 6. The van der Waals surface area contributed by atoms with Crippen LogP contribution in [0.3, 0.4) is 0 Å². The van der Waals surface area contributed by atoms with Gasteiger partial charge in [0.15, 0.2) is 0 Å². The Balaban J connectivity index is 2.12. The Bertz CT molecular complexity index is 361. The fraction of sp³-hybridized carbons (Fsp3) is 0.824. The summed E-state index contributed by atoms with van der Waals surface area (Å²) in [5.41, 5.74) is -0.453. The first kappa shape index (κ1) is 19.0. The predicted octanol–water partition coefficient (Wildman–Crippen LogP) is 2.86. The lowest BCUT2D eigenvalue weighted by molar-refractivity contribution is -0.0238. The van der Waals surface area contributed by atoms with Crippen molar-refractivity contribution in [2.45, 2.75) is 65.2 Å². The van der Waals surface area contributed by atoms with Crippen LogP contribution >= 0.6 is 0 Å². The molecule has 0 radical (unpaired) electrons. The lowest BCUT2D eigenvalue weighted by Gasteiger charge is -2.32. The third-order valence-electron chi connectivity index (χ3n) is 3.51. The topological polar surface area (TPSA) is 59.6 Å². The number of nitrogens with one attached hydrogen (secondary N) is 2. The quantitative estimate of drug-likeness (QED) is 0.740. The Labute approximate surface area is 134 Å². The zero-order valence-electron chi connectivity index (χ0n) is 14.6. The molecule has 0 aliphatic carbocycles. The van der Waals surface area contributed by atoms with Crippen molar-refractivity contribution in [3.8, 4) is 0 Å². The van der Waals surface area contributed by atoms with Crippen molar-refractivity contribution >= 4 is 6.09 Å². The minimum Gasteiger partial charge on any atom is -0.444 e. The van der Waals surface area contributed by atoms with Crippen LogP contribution in [0.5, 0.6) is 0 Å². The van der Waals surface area contributed by atoms with Gasteiger partial charge in [-0.1, -0.05) is 26.0 Å². The highest BCUT2D eigenvalue weighted by Gasteiger charge is 2.24. The highest BCUT2D eigenvalue weighted by Crippen LogP contribution is 2.19. The molecule has 0 aromatic carbocycles. The summed E-state index contributed by atoms with van der Waals surface area (Å²) in [7, 11) is 0. The van der Waals surface area contributed by atoms with Gasteiger partial charge in [0.1, 0.15) is 5.60 Å². The number of hydrogen-bond donors (Lipinski definition) is 2. The Hall–Kier alpha value is -1.07. The molecule has 0 aromatic heterocycles. The summed E-state index contributed by atoms with van der Waals surface area (Å²) in [4.78, 5) is 11.4. The molecule has 1 heterocycles. The summed E-state index contributed by atoms with van der Waals surface area (Å²) >= 11 is 0. The van der Waals surface area contributed by atoms with Crippen molar-refractivity contribution in [2.75, 3.05) is 19.7 Å². The van der Waals surface area contributed by atoms with Gasteiger partial charge in [0.2, 0.25) is 0 Å². The number of ether oxygens (including phenoxy) is 2. The van der Waals surface area contributed by atoms with Gasteiger partial charge in [0.25, 0.3) is 0 Å². The highest BCUT2D eigenvalue weighted by molar-refractivity contribution is 5.67. The first-order chi connectivity index (χ1) is 10.3. The van der Waals surface area contributed by atoms with Gasteiger partial charge in [-0.15, -0.1) is 0 Å². The molecule has 2 atom stereocenters. The van der Waals surface area contributed by atoms with E-state index in [1.807, 2.05) is 32.9 Å². The molecule has 22 heavy (non-hydrogen) atoms. The van der Waals surface area contributed by atoms with E-state index in [0.717, 1.165) is 26.0 Å². The molecule has 0 saturated carbocycles. The fourth-order valence-corrected chi connectivity index (χ4v) is 2.34. The number of amides is 1. The van der Waals surface area contributed by atoms with Gasteiger partial charge >= 0.3 is 6.09 Å². The van der Waals surface area contributed by atoms with Gasteiger partial charge in [0, 0.05) is 25.7 Å². The number of alkyl carbamates (subject to hydrolysis) is 1. The molecule has 1 fully saturated rings. The van der Waals surface area contributed by atoms with Gasteiger partial charge in [-0.2, -0.15) is 0 Å². The van der Waals surface area contributed by atoms with Crippen molar-refractivity contribution < 1.29 is 14.3 Å². The summed E-state index contributed by atoms with van der Waals surface area (Å²) in [6.45, 7) is 12.1. The molecular weight excluding hydrogens is 280 g/mol. The molecule has 1 rings (SSSR count). The van der Waals surface area contributed by atoms with Gasteiger partial charge < -0.3 is 20.1 Å². The zero-order chi connectivity index (χ0) is 16.6. The van der Waals surface area contributed by atoms with Crippen LogP contribution in [-0.2, 0) is 9.47 Å². The molecule has 5 heteroatoms. The van der Waals surface area contributed by atoms with E-state index in [-0.39, 0.29) is 6.09 Å². The Morgan fingerprint density at radius 1 is 1.32 bits per heavy atom. The fourth-order valence-electron chi connectivity index (χ4n) is 2.34. The van der Waals surface area contributed by atoms with Crippen LogP contribution in [0.25, 0.3) is 0 Å². The van der Waals surface area contributed by atoms with Crippen LogP contribution in [0.15, 0.2) is 12.2 Å². The van der Waals surface area contributed by atoms with E-state index >= 15 is 0 Å². The Morgan fingerprint density at radius 3 is 2.64 bits per heavy atom. The molecular formula is C17H32N2O3. The SMILES string of the molecule is CC(C)C1CC(NC/C=C/CNC(=O)OC(C)(C)C)CCO1. The van der Waals surface area contributed by atoms with Gasteiger partial charge in [-0.25, -0.2) is 4.79 Å². The number of carbonyl (C=O) groups is 1. The van der Waals surface area contributed by atoms with E-state index in [2.05, 4.69) is 24.5 Å². The maximum absolute atomic E-state index is 11.4. The van der Waals surface area contributed by atoms with Gasteiger partial charge in [-0.3, -0.25) is 0 Å². The molecule has 1 saturated heterocycles. The van der Waals surface area contributed by atoms with Gasteiger partial charge in [0.05, 0.1) is 6.10 Å². The molecule has 2 N–H and O–H groups in total. The van der Waals surface area contributed by atoms with Crippen LogP contribution in [0.4, 0.5) is 4.79 Å². The van der Waals surface area contributed by atoms with Crippen LogP contribution in [-0.4, -0.2) is 43.5 Å². The normalized spacial score (nSPS) is 23.0. The lowest BCUT2D eigenvalue weighted by atomic mass is 9.95. The van der Waals surface area contributed by atoms with Gasteiger partial charge in [-0.05, 0) is 39.5 Å². The van der Waals surface area contributed by atoms with Crippen molar-refractivity contribution in [3.05, 3.63) is 12.2 Å². The van der Waals surface area contributed by atoms with Crippen LogP contribution in [0, 0.1) is 5.92 Å². The zero-order valence-corrected chi connectivity index (χ0v) is 14.6. The Morgan fingerprint density at radius 2 is 2.00 bits per heavy atom. The maximum atomic E-state index is 11.4. The standard InChI is InChI=1S/C17H32N2O3/c1-13(2)15-12-14(8-11-21-15)18-9-6-7-10-19-16(20)22-17(3,4)5/h6-7,13-15,18H,8-12H2,1-5H3,(H,19,20)/b7-6+. The molecule has 1 aliphatic heterocycles. The lowest BCUT2D eigenvalue weighted by Crippen LogP contribution is -2.40. The van der Waals surface area contributed by atoms with E-state index < -0.39 is 5.60 Å². The molecule has 0 bridgehead atoms. The predicted molar refractivity (Wildman–Crippen MR) is 89.0 cm³/mol. The smallest absolute Gasteiger partial charge is 0.407 e. The maximum Gasteiger partial charge on any atom is 0.407 e. The molecule has 0 spiro atoms. The number of hydrogen-bond acceptors (Lipinski definition) is 4. The van der Waals surface area contributed by atoms with Crippen LogP contribution < -0.4 is 10.6 Å². The molecule has 128 valence electrons. The summed E-state index contributed by atoms with van der Waals surface area (Å²) in [5, 5.41) is 6.23. The monoisotopic (exact) mass is 312 g/mol. The third kappa shape index (κ3) is 8.39. The molecule has 1 amide bonds. The van der Waals surface area contributed by atoms with Crippen molar-refractivity contribution in [2.24, 2.45) is 5.92 Å². The molecule has 5 nitrogen and oxygen atoms in total. The van der Waals surface area contributed by atoms with Crippen LogP contribution in [0.2, 0.25) is 0 Å². The molecule has 2 unspecified atom stereocenters. The number of carbonyl (C=O) groups excluding carboxylic acids is 1. The van der Waals surface area contributed by atoms with E-state index in [9.17, 15) is 4.79 Å². The summed E-state index contributed by atoms with van der Waals surface area (Å²) in [6, 6.07) is 0.518. The first-order valence-electron chi connectivity index (χ1n) is 8.25. The van der Waals surface area contributed by atoms with Crippen molar-refractivity contribution in [1.82, 2.24) is 10.6 Å². The van der Waals surface area contributed by atoms with Crippen LogP contribution in [0.1, 0.15) is 47.5 Å². The first-order valence-corrected chi connectivity index (χ1v) is 8.25. The van der Waals surface area contributed by atoms with E-state index in [1.165, 1.54) is 0 Å². The Kier molecular flexibility index (Phi) is 7.90. The second kappa shape index (κ2) is 9.16. The minimum atomic E-state index is -0.453. The third-order valence-corrected chi connectivity index (χ3v) is 3.51. The van der Waals surface area contributed by atoms with E-state index in [1.54, 1.807) is 0 Å². The second-order valence-electron chi connectivity index (χ2n) is 7.14. The van der Waals surface area contributed by atoms with Crippen molar-refractivity contribution in [3.63, 3.8) is 0 Å². The average molecular weight is 312 g/mol. The summed E-state index contributed by atoms with van der Waals surface area (Å²) < 4.78 is 10.9.